The lowest BCUT2D eigenvalue weighted by Crippen LogP contribution is -2.25. The predicted molar refractivity (Wildman–Crippen MR) is 75.7 cm³/mol. The summed E-state index contributed by atoms with van der Waals surface area (Å²) in [5.41, 5.74) is 0.951. The van der Waals surface area contributed by atoms with E-state index in [0.29, 0.717) is 17.0 Å². The summed E-state index contributed by atoms with van der Waals surface area (Å²) in [5, 5.41) is 2.61. The van der Waals surface area contributed by atoms with E-state index < -0.39 is 11.6 Å². The van der Waals surface area contributed by atoms with Gasteiger partial charge in [-0.15, -0.1) is 0 Å². The Kier molecular flexibility index (Phi) is 3.23. The first-order valence-electron chi connectivity index (χ1n) is 6.36. The van der Waals surface area contributed by atoms with Gasteiger partial charge in [-0.3, -0.25) is 14.4 Å². The fourth-order valence-corrected chi connectivity index (χ4v) is 2.08. The minimum absolute atomic E-state index is 0.0523. The molecular weight excluding hydrogens is 270 g/mol. The molecule has 1 heterocycles. The SMILES string of the molecule is O=C1COc2ccc(C(=O)C(=O)c3ccccc3)cc2N1. The first-order chi connectivity index (χ1) is 10.1. The number of ketones is 2. The minimum atomic E-state index is -0.621. The Labute approximate surface area is 120 Å². The molecule has 1 aliphatic rings. The van der Waals surface area contributed by atoms with Crippen molar-refractivity contribution in [3.63, 3.8) is 0 Å². The fraction of sp³-hybridized carbons (Fsp3) is 0.0625. The van der Waals surface area contributed by atoms with Gasteiger partial charge in [-0.1, -0.05) is 30.3 Å². The normalized spacial score (nSPS) is 12.9. The number of amides is 1. The number of hydrogen-bond acceptors (Lipinski definition) is 4. The van der Waals surface area contributed by atoms with Crippen LogP contribution in [0, 0.1) is 0 Å². The second kappa shape index (κ2) is 5.20. The van der Waals surface area contributed by atoms with Gasteiger partial charge in [0, 0.05) is 11.1 Å². The molecule has 5 heteroatoms. The summed E-state index contributed by atoms with van der Waals surface area (Å²) >= 11 is 0. The van der Waals surface area contributed by atoms with Crippen LogP contribution in [0.4, 0.5) is 5.69 Å². The highest BCUT2D eigenvalue weighted by Crippen LogP contribution is 2.28. The summed E-state index contributed by atoms with van der Waals surface area (Å²) in [6, 6.07) is 12.9. The van der Waals surface area contributed by atoms with Gasteiger partial charge < -0.3 is 10.1 Å². The zero-order valence-electron chi connectivity index (χ0n) is 11.0. The van der Waals surface area contributed by atoms with Gasteiger partial charge in [-0.05, 0) is 18.2 Å². The predicted octanol–water partition coefficient (Wildman–Crippen LogP) is 2.08. The standard InChI is InChI=1S/C16H11NO4/c18-14-9-21-13-7-6-11(8-12(13)17-14)16(20)15(19)10-4-2-1-3-5-10/h1-8H,9H2,(H,17,18). The molecule has 0 fully saturated rings. The van der Waals surface area contributed by atoms with E-state index in [0.717, 1.165) is 0 Å². The van der Waals surface area contributed by atoms with Crippen molar-refractivity contribution < 1.29 is 19.1 Å². The highest BCUT2D eigenvalue weighted by molar-refractivity contribution is 6.49. The van der Waals surface area contributed by atoms with Crippen LogP contribution in [0.3, 0.4) is 0 Å². The van der Waals surface area contributed by atoms with Crippen molar-refractivity contribution >= 4 is 23.2 Å². The first kappa shape index (κ1) is 13.1. The zero-order valence-corrected chi connectivity index (χ0v) is 11.0. The molecule has 1 N–H and O–H groups in total. The molecule has 0 bridgehead atoms. The molecule has 1 aliphatic heterocycles. The van der Waals surface area contributed by atoms with Crippen LogP contribution in [0.15, 0.2) is 48.5 Å². The van der Waals surface area contributed by atoms with Crippen molar-refractivity contribution in [3.05, 3.63) is 59.7 Å². The molecule has 104 valence electrons. The Morgan fingerprint density at radius 3 is 2.43 bits per heavy atom. The van der Waals surface area contributed by atoms with Crippen LogP contribution in [0.5, 0.6) is 5.75 Å². The third-order valence-corrected chi connectivity index (χ3v) is 3.12. The molecule has 5 nitrogen and oxygen atoms in total. The van der Waals surface area contributed by atoms with Crippen molar-refractivity contribution in [1.29, 1.82) is 0 Å². The Morgan fingerprint density at radius 1 is 0.952 bits per heavy atom. The van der Waals surface area contributed by atoms with Crippen molar-refractivity contribution in [2.24, 2.45) is 0 Å². The second-order valence-corrected chi connectivity index (χ2v) is 4.57. The summed E-state index contributed by atoms with van der Waals surface area (Å²) in [6.45, 7) is -0.0523. The summed E-state index contributed by atoms with van der Waals surface area (Å²) in [6.07, 6.45) is 0. The van der Waals surface area contributed by atoms with Gasteiger partial charge in [0.15, 0.2) is 6.61 Å². The number of nitrogens with one attached hydrogen (secondary N) is 1. The van der Waals surface area contributed by atoms with Crippen LogP contribution >= 0.6 is 0 Å². The molecule has 21 heavy (non-hydrogen) atoms. The molecule has 2 aromatic rings. The van der Waals surface area contributed by atoms with Gasteiger partial charge in [-0.25, -0.2) is 0 Å². The van der Waals surface area contributed by atoms with Gasteiger partial charge in [0.25, 0.3) is 5.91 Å². The van der Waals surface area contributed by atoms with Crippen LogP contribution in [0.2, 0.25) is 0 Å². The molecule has 0 spiro atoms. The van der Waals surface area contributed by atoms with Gasteiger partial charge in [0.2, 0.25) is 11.6 Å². The molecule has 2 aromatic carbocycles. The molecule has 0 aliphatic carbocycles. The van der Waals surface area contributed by atoms with Crippen molar-refractivity contribution in [2.75, 3.05) is 11.9 Å². The van der Waals surface area contributed by atoms with Gasteiger partial charge in [-0.2, -0.15) is 0 Å². The molecular formula is C16H11NO4. The monoisotopic (exact) mass is 281 g/mol. The lowest BCUT2D eigenvalue weighted by molar-refractivity contribution is -0.118. The van der Waals surface area contributed by atoms with E-state index in [-0.39, 0.29) is 18.1 Å². The molecule has 1 amide bonds. The fourth-order valence-electron chi connectivity index (χ4n) is 2.08. The topological polar surface area (TPSA) is 72.5 Å². The van der Waals surface area contributed by atoms with E-state index in [4.69, 9.17) is 4.74 Å². The maximum Gasteiger partial charge on any atom is 0.262 e. The molecule has 0 atom stereocenters. The largest absolute Gasteiger partial charge is 0.482 e. The number of Topliss-reactive ketones (excluding diaryl/α,β-unsaturated/α-hetero) is 2. The lowest BCUT2D eigenvalue weighted by Gasteiger charge is -2.18. The first-order valence-corrected chi connectivity index (χ1v) is 6.36. The Hall–Kier alpha value is -2.95. The van der Waals surface area contributed by atoms with Crippen LogP contribution in [0.1, 0.15) is 20.7 Å². The third-order valence-electron chi connectivity index (χ3n) is 3.12. The van der Waals surface area contributed by atoms with Crippen molar-refractivity contribution in [3.8, 4) is 5.75 Å². The number of ether oxygens (including phenoxy) is 1. The van der Waals surface area contributed by atoms with Crippen molar-refractivity contribution in [2.45, 2.75) is 0 Å². The minimum Gasteiger partial charge on any atom is -0.482 e. The average Bonchev–Trinajstić information content (AvgIpc) is 2.53. The summed E-state index contributed by atoms with van der Waals surface area (Å²) in [4.78, 5) is 35.6. The van der Waals surface area contributed by atoms with Crippen LogP contribution in [-0.4, -0.2) is 24.1 Å². The zero-order chi connectivity index (χ0) is 14.8. The number of carbonyl (C=O) groups is 3. The molecule has 0 saturated carbocycles. The molecule has 0 unspecified atom stereocenters. The van der Waals surface area contributed by atoms with E-state index >= 15 is 0 Å². The van der Waals surface area contributed by atoms with Crippen molar-refractivity contribution in [1.82, 2.24) is 0 Å². The summed E-state index contributed by atoms with van der Waals surface area (Å²) in [5.74, 6) is -1.01. The third kappa shape index (κ3) is 2.53. The number of hydrogen-bond donors (Lipinski definition) is 1. The highest BCUT2D eigenvalue weighted by Gasteiger charge is 2.22. The van der Waals surface area contributed by atoms with E-state index in [2.05, 4.69) is 5.32 Å². The van der Waals surface area contributed by atoms with E-state index in [1.54, 1.807) is 36.4 Å². The van der Waals surface area contributed by atoms with E-state index in [9.17, 15) is 14.4 Å². The average molecular weight is 281 g/mol. The van der Waals surface area contributed by atoms with E-state index in [1.165, 1.54) is 12.1 Å². The Balaban J connectivity index is 1.90. The maximum absolute atomic E-state index is 12.2. The number of benzene rings is 2. The van der Waals surface area contributed by atoms with Gasteiger partial charge >= 0.3 is 0 Å². The van der Waals surface area contributed by atoms with Crippen LogP contribution in [0.25, 0.3) is 0 Å². The Morgan fingerprint density at radius 2 is 1.67 bits per heavy atom. The molecule has 0 saturated heterocycles. The number of rotatable bonds is 3. The molecule has 0 radical (unpaired) electrons. The number of fused-ring (bicyclic) bond motifs is 1. The summed E-state index contributed by atoms with van der Waals surface area (Å²) in [7, 11) is 0. The van der Waals surface area contributed by atoms with E-state index in [1.807, 2.05) is 0 Å². The number of carbonyl (C=O) groups excluding carboxylic acids is 3. The summed E-state index contributed by atoms with van der Waals surface area (Å²) < 4.78 is 5.21. The van der Waals surface area contributed by atoms with Crippen LogP contribution < -0.4 is 10.1 Å². The smallest absolute Gasteiger partial charge is 0.262 e. The highest BCUT2D eigenvalue weighted by atomic mass is 16.5. The van der Waals surface area contributed by atoms with Gasteiger partial charge in [0.05, 0.1) is 5.69 Å². The lowest BCUT2D eigenvalue weighted by atomic mass is 10.0. The Bertz CT molecular complexity index is 737. The molecule has 0 aromatic heterocycles. The number of anilines is 1. The van der Waals surface area contributed by atoms with Crippen LogP contribution in [-0.2, 0) is 4.79 Å². The quantitative estimate of drug-likeness (QED) is 0.690. The maximum atomic E-state index is 12.2. The molecule has 3 rings (SSSR count). The van der Waals surface area contributed by atoms with Gasteiger partial charge in [0.1, 0.15) is 5.75 Å². The second-order valence-electron chi connectivity index (χ2n) is 4.57.